The molecule has 0 spiro atoms. The Morgan fingerprint density at radius 1 is 0.297 bits per heavy atom. The number of aliphatic hydroxyl groups excluding tert-OH is 1. The van der Waals surface area contributed by atoms with Gasteiger partial charge in [-0.3, -0.25) is 62.3 Å². The molecule has 0 saturated carbocycles. The monoisotopic (exact) mass is 1700 g/mol. The fourth-order valence-electron chi connectivity index (χ4n) is 11.7. The second-order valence-corrected chi connectivity index (χ2v) is 28.3. The minimum absolute atomic E-state index is 0. The number of hydrogen-bond acceptors (Lipinski definition) is 24. The number of aliphatic carboxylic acids is 4. The highest BCUT2D eigenvalue weighted by atomic mass is 16.5. The zero-order valence-corrected chi connectivity index (χ0v) is 69.5. The van der Waals surface area contributed by atoms with Crippen molar-refractivity contribution in [1.82, 2.24) is 37.2 Å². The molecule has 690 valence electrons. The third kappa shape index (κ3) is 82.7. The molecule has 4 atom stereocenters. The Labute approximate surface area is 703 Å². The van der Waals surface area contributed by atoms with Gasteiger partial charge in [-0.2, -0.15) is 0 Å². The number of carbonyl (C=O) groups is 14. The average Bonchev–Trinajstić information content (AvgIpc) is 0.931. The van der Waals surface area contributed by atoms with Crippen molar-refractivity contribution in [3.63, 3.8) is 0 Å². The quantitative estimate of drug-likeness (QED) is 0.0254. The number of amides is 6. The molecule has 12 N–H and O–H groups in total. The van der Waals surface area contributed by atoms with Crippen LogP contribution in [0.4, 0.5) is 0 Å². The van der Waals surface area contributed by atoms with Gasteiger partial charge in [0.2, 0.25) is 35.4 Å². The second kappa shape index (κ2) is 87.8. The fraction of sp³-hybridized carbons (Fsp3) is 0.833. The molecular weight excluding hydrogens is 1540 g/mol. The molecule has 34 nitrogen and oxygen atoms in total. The Hall–Kier alpha value is -7.02. The number of unbranched alkanes of at least 4 members (excludes halogenated alkanes) is 20. The first-order valence-electron chi connectivity index (χ1n) is 41.9. The molecule has 34 heteroatoms. The minimum Gasteiger partial charge on any atom is -0.481 e. The zero-order chi connectivity index (χ0) is 85.4. The topological polar surface area (TPSA) is 498 Å². The summed E-state index contributed by atoms with van der Waals surface area (Å²) < 4.78 is 43.2. The maximum absolute atomic E-state index is 13.2. The Bertz CT molecular complexity index is 2610. The number of ether oxygens (including phenoxy) is 8. The summed E-state index contributed by atoms with van der Waals surface area (Å²) in [4.78, 5) is 169. The van der Waals surface area contributed by atoms with Crippen LogP contribution in [0.15, 0.2) is 0 Å². The van der Waals surface area contributed by atoms with Crippen LogP contribution in [0, 0.1) is 11.8 Å². The number of ketones is 4. The highest BCUT2D eigenvalue weighted by Crippen LogP contribution is 2.18. The molecule has 0 aromatic rings. The predicted octanol–water partition coefficient (Wildman–Crippen LogP) is 8.37. The van der Waals surface area contributed by atoms with E-state index in [9.17, 15) is 77.3 Å². The van der Waals surface area contributed by atoms with Gasteiger partial charge in [0.15, 0.2) is 11.6 Å². The van der Waals surface area contributed by atoms with E-state index >= 15 is 0 Å². The molecule has 0 aliphatic rings. The molecular formula is C84H157N7O27. The number of rotatable bonds is 86. The molecule has 0 aliphatic carbocycles. The van der Waals surface area contributed by atoms with E-state index in [1.165, 1.54) is 6.92 Å². The van der Waals surface area contributed by atoms with Crippen molar-refractivity contribution in [3.05, 3.63) is 0 Å². The SMILES string of the molecule is C.C.C.CC[C@@H](CCCCNC(=O)CC[C@H](NC(=O)COCCOCCCC(=O)COCCOCCNC(=O)CCCCCCCCCCCCC(=O)O)C(=O)O)C(=O)CN[C@@H](CCCCNC(=O)CC[C@H](CC(=O)COCCOCCNC(=O)COCCOCCNC(=O)CCCCCCCCCCCCC(=O)O)C(=O)O)C(C)=O.CO. The predicted molar refractivity (Wildman–Crippen MR) is 448 cm³/mol. The molecule has 0 saturated heterocycles. The lowest BCUT2D eigenvalue weighted by Crippen LogP contribution is -2.43. The Kier molecular flexibility index (Phi) is 88.9. The number of carbonyl (C=O) groups excluding carboxylic acids is 10. The number of carboxylic acid groups (broad SMARTS) is 4. The highest BCUT2D eigenvalue weighted by molar-refractivity contribution is 5.87. The van der Waals surface area contributed by atoms with E-state index in [1.807, 2.05) is 6.92 Å². The van der Waals surface area contributed by atoms with Crippen LogP contribution in [-0.2, 0) is 105 Å². The number of hydrogen-bond donors (Lipinski definition) is 12. The van der Waals surface area contributed by atoms with Crippen LogP contribution < -0.4 is 37.2 Å². The van der Waals surface area contributed by atoms with Crippen LogP contribution in [0.2, 0.25) is 0 Å². The maximum Gasteiger partial charge on any atom is 0.326 e. The molecule has 0 fully saturated rings. The summed E-state index contributed by atoms with van der Waals surface area (Å²) in [6, 6.07) is -1.92. The average molecular weight is 1700 g/mol. The van der Waals surface area contributed by atoms with Gasteiger partial charge in [0.05, 0.1) is 91.2 Å². The Morgan fingerprint density at radius 2 is 0.653 bits per heavy atom. The molecule has 0 aliphatic heterocycles. The van der Waals surface area contributed by atoms with E-state index < -0.39 is 66.1 Å². The summed E-state index contributed by atoms with van der Waals surface area (Å²) in [5.74, 6) is -7.99. The fourth-order valence-corrected chi connectivity index (χ4v) is 11.7. The lowest BCUT2D eigenvalue weighted by atomic mass is 9.94. The van der Waals surface area contributed by atoms with Crippen LogP contribution in [0.3, 0.4) is 0 Å². The second-order valence-electron chi connectivity index (χ2n) is 28.3. The largest absolute Gasteiger partial charge is 0.481 e. The van der Waals surface area contributed by atoms with Gasteiger partial charge in [-0.1, -0.05) is 138 Å². The molecule has 118 heavy (non-hydrogen) atoms. The maximum atomic E-state index is 13.2. The van der Waals surface area contributed by atoms with E-state index in [0.717, 1.165) is 136 Å². The van der Waals surface area contributed by atoms with Crippen molar-refractivity contribution in [2.24, 2.45) is 11.8 Å². The number of Topliss-reactive ketones (excluding diaryl/α,β-unsaturated/α-hetero) is 4. The summed E-state index contributed by atoms with van der Waals surface area (Å²) in [5.41, 5.74) is 0. The first-order valence-corrected chi connectivity index (χ1v) is 41.9. The third-order valence-electron chi connectivity index (χ3n) is 18.4. The Balaban J connectivity index is -0.00000844. The van der Waals surface area contributed by atoms with Crippen molar-refractivity contribution < 1.29 is 131 Å². The van der Waals surface area contributed by atoms with Gasteiger partial charge < -0.3 is 101 Å². The lowest BCUT2D eigenvalue weighted by Gasteiger charge is -2.19. The van der Waals surface area contributed by atoms with Gasteiger partial charge in [-0.25, -0.2) is 4.79 Å². The van der Waals surface area contributed by atoms with E-state index in [4.69, 9.17) is 53.2 Å². The first-order chi connectivity index (χ1) is 55.5. The van der Waals surface area contributed by atoms with E-state index in [2.05, 4.69) is 37.2 Å². The van der Waals surface area contributed by atoms with Crippen LogP contribution in [0.5, 0.6) is 0 Å². The third-order valence-corrected chi connectivity index (χ3v) is 18.4. The van der Waals surface area contributed by atoms with E-state index in [0.29, 0.717) is 90.5 Å². The summed E-state index contributed by atoms with van der Waals surface area (Å²) in [7, 11) is 1.00. The standard InChI is InChI=1S/C80H141N7O26.CH4O.3CH4/c1-3-64(29-24-26-40-82-74(95)39-37-69(80(104)105)87-76(97)62-113-55-49-106-45-28-30-66(89)59-110-53-50-107-46-42-83-71(92)32-20-16-12-8-4-6-10-14-18-22-34-77(98)99)70(91)58-86-68(63(2)88)31-25-27-41-81-73(94)38-36-65(79(102)103)57-67(90)60-111-54-51-109-48-44-85-75(96)61-112-56-52-108-47-43-84-72(93)33-21-17-13-9-5-7-11-15-19-23-35-78(100)101;1-2;;;/h64-65,68-69,86H,3-62H2,1-2H3,(H,81,94)(H,82,95)(H,83,92)(H,84,93)(H,85,96)(H,87,97)(H,98,99)(H,100,101)(H,102,103)(H,104,105);2H,1H3;3*1H4/t64-,65+,68-,69-;;;;/m0..../s1. The van der Waals surface area contributed by atoms with Crippen molar-refractivity contribution in [2.45, 2.75) is 292 Å². The minimum atomic E-state index is -1.33. The van der Waals surface area contributed by atoms with Gasteiger partial charge in [-0.05, 0) is 90.4 Å². The summed E-state index contributed by atoms with van der Waals surface area (Å²) in [6.07, 6.45) is 25.6. The zero-order valence-electron chi connectivity index (χ0n) is 69.5. The van der Waals surface area contributed by atoms with Gasteiger partial charge >= 0.3 is 23.9 Å². The van der Waals surface area contributed by atoms with Crippen molar-refractivity contribution in [1.29, 1.82) is 0 Å². The molecule has 0 radical (unpaired) electrons. The molecule has 0 aromatic carbocycles. The van der Waals surface area contributed by atoms with Crippen LogP contribution in [0.1, 0.15) is 280 Å². The molecule has 0 rings (SSSR count). The van der Waals surface area contributed by atoms with E-state index in [-0.39, 0.29) is 233 Å². The summed E-state index contributed by atoms with van der Waals surface area (Å²) in [6.45, 7) is 6.21. The van der Waals surface area contributed by atoms with Gasteiger partial charge in [0, 0.05) is 104 Å². The number of carboxylic acids is 4. The molecule has 0 bridgehead atoms. The Morgan fingerprint density at radius 3 is 1.07 bits per heavy atom. The lowest BCUT2D eigenvalue weighted by molar-refractivity contribution is -0.145. The first kappa shape index (κ1) is 120. The van der Waals surface area contributed by atoms with Gasteiger partial charge in [-0.15, -0.1) is 0 Å². The van der Waals surface area contributed by atoms with Gasteiger partial charge in [0.1, 0.15) is 44.0 Å². The molecule has 0 aromatic heterocycles. The van der Waals surface area contributed by atoms with Crippen LogP contribution >= 0.6 is 0 Å². The van der Waals surface area contributed by atoms with Crippen molar-refractivity contribution in [2.75, 3.05) is 152 Å². The number of aliphatic hydroxyl groups is 1. The van der Waals surface area contributed by atoms with Crippen LogP contribution in [0.25, 0.3) is 0 Å². The summed E-state index contributed by atoms with van der Waals surface area (Å²) >= 11 is 0. The number of nitrogens with one attached hydrogen (secondary N) is 7. The molecule has 6 amide bonds. The van der Waals surface area contributed by atoms with Crippen molar-refractivity contribution in [3.8, 4) is 0 Å². The molecule has 0 heterocycles. The van der Waals surface area contributed by atoms with Crippen LogP contribution in [-0.4, -0.2) is 272 Å². The summed E-state index contributed by atoms with van der Waals surface area (Å²) in [5, 5.41) is 63.0. The normalized spacial score (nSPS) is 11.8. The highest BCUT2D eigenvalue weighted by Gasteiger charge is 2.25. The van der Waals surface area contributed by atoms with E-state index in [1.54, 1.807) is 0 Å². The van der Waals surface area contributed by atoms with Crippen molar-refractivity contribution >= 4 is 82.5 Å². The smallest absolute Gasteiger partial charge is 0.326 e. The molecule has 0 unspecified atom stereocenters. The van der Waals surface area contributed by atoms with Gasteiger partial charge in [0.25, 0.3) is 0 Å².